The van der Waals surface area contributed by atoms with E-state index in [9.17, 15) is 0 Å². The molecule has 1 aromatic carbocycles. The zero-order valence-corrected chi connectivity index (χ0v) is 12.2. The van der Waals surface area contributed by atoms with Crippen molar-refractivity contribution in [1.82, 2.24) is 9.97 Å². The van der Waals surface area contributed by atoms with Crippen LogP contribution in [0.2, 0.25) is 0 Å². The Bertz CT molecular complexity index is 630. The standard InChI is InChI=1S/C16H12BrN3/c17-13-5-7-14(8-6-13)20(15-3-1-9-18-11-15)16-4-2-10-19-12-16/h1-12H. The highest BCUT2D eigenvalue weighted by Gasteiger charge is 2.11. The van der Waals surface area contributed by atoms with Gasteiger partial charge in [-0.05, 0) is 48.5 Å². The first-order chi connectivity index (χ1) is 9.84. The molecule has 3 nitrogen and oxygen atoms in total. The molecule has 2 aromatic heterocycles. The number of rotatable bonds is 3. The molecule has 0 bridgehead atoms. The van der Waals surface area contributed by atoms with E-state index >= 15 is 0 Å². The summed E-state index contributed by atoms with van der Waals surface area (Å²) in [5.41, 5.74) is 3.07. The van der Waals surface area contributed by atoms with Gasteiger partial charge in [0.1, 0.15) is 0 Å². The van der Waals surface area contributed by atoms with Gasteiger partial charge in [-0.1, -0.05) is 15.9 Å². The van der Waals surface area contributed by atoms with Gasteiger partial charge in [0.2, 0.25) is 0 Å². The molecule has 98 valence electrons. The summed E-state index contributed by atoms with van der Waals surface area (Å²) in [5.74, 6) is 0. The number of aromatic nitrogens is 2. The highest BCUT2D eigenvalue weighted by molar-refractivity contribution is 9.10. The van der Waals surface area contributed by atoms with Crippen LogP contribution in [0.25, 0.3) is 0 Å². The summed E-state index contributed by atoms with van der Waals surface area (Å²) in [5, 5.41) is 0. The molecule has 2 heterocycles. The summed E-state index contributed by atoms with van der Waals surface area (Å²) >= 11 is 3.46. The number of nitrogens with zero attached hydrogens (tertiary/aromatic N) is 3. The number of benzene rings is 1. The lowest BCUT2D eigenvalue weighted by atomic mass is 10.2. The smallest absolute Gasteiger partial charge is 0.0645 e. The quantitative estimate of drug-likeness (QED) is 0.698. The van der Waals surface area contributed by atoms with Gasteiger partial charge < -0.3 is 4.90 Å². The van der Waals surface area contributed by atoms with E-state index < -0.39 is 0 Å². The van der Waals surface area contributed by atoms with Crippen LogP contribution in [0.3, 0.4) is 0 Å². The van der Waals surface area contributed by atoms with E-state index in [1.165, 1.54) is 0 Å². The summed E-state index contributed by atoms with van der Waals surface area (Å²) in [4.78, 5) is 10.5. The van der Waals surface area contributed by atoms with Crippen LogP contribution < -0.4 is 4.90 Å². The Balaban J connectivity index is 2.11. The predicted molar refractivity (Wildman–Crippen MR) is 84.4 cm³/mol. The minimum absolute atomic E-state index is 1.00. The van der Waals surface area contributed by atoms with Crippen molar-refractivity contribution in [2.45, 2.75) is 0 Å². The van der Waals surface area contributed by atoms with Gasteiger partial charge in [-0.25, -0.2) is 0 Å². The van der Waals surface area contributed by atoms with Crippen molar-refractivity contribution in [1.29, 1.82) is 0 Å². The molecule has 0 spiro atoms. The van der Waals surface area contributed by atoms with Gasteiger partial charge in [0.15, 0.2) is 0 Å². The van der Waals surface area contributed by atoms with Gasteiger partial charge in [0.25, 0.3) is 0 Å². The van der Waals surface area contributed by atoms with E-state index in [-0.39, 0.29) is 0 Å². The average Bonchev–Trinajstić information content (AvgIpc) is 2.52. The van der Waals surface area contributed by atoms with E-state index in [1.54, 1.807) is 12.4 Å². The molecule has 0 aliphatic heterocycles. The molecule has 0 amide bonds. The third-order valence-corrected chi connectivity index (χ3v) is 3.42. The number of halogens is 1. The Kier molecular flexibility index (Phi) is 3.74. The highest BCUT2D eigenvalue weighted by atomic mass is 79.9. The van der Waals surface area contributed by atoms with E-state index in [2.05, 4.69) is 42.9 Å². The van der Waals surface area contributed by atoms with Crippen LogP contribution in [0.1, 0.15) is 0 Å². The normalized spacial score (nSPS) is 10.2. The monoisotopic (exact) mass is 325 g/mol. The lowest BCUT2D eigenvalue weighted by Crippen LogP contribution is -2.10. The van der Waals surface area contributed by atoms with Crippen molar-refractivity contribution in [3.8, 4) is 0 Å². The van der Waals surface area contributed by atoms with Crippen LogP contribution >= 0.6 is 15.9 Å². The molecule has 20 heavy (non-hydrogen) atoms. The zero-order chi connectivity index (χ0) is 13.8. The van der Waals surface area contributed by atoms with E-state index in [0.717, 1.165) is 21.5 Å². The van der Waals surface area contributed by atoms with Gasteiger partial charge in [0.05, 0.1) is 23.8 Å². The fraction of sp³-hybridized carbons (Fsp3) is 0. The topological polar surface area (TPSA) is 29.0 Å². The van der Waals surface area contributed by atoms with Gasteiger partial charge in [-0.2, -0.15) is 0 Å². The van der Waals surface area contributed by atoms with Crippen molar-refractivity contribution >= 4 is 33.0 Å². The largest absolute Gasteiger partial charge is 0.307 e. The van der Waals surface area contributed by atoms with Crippen LogP contribution in [-0.2, 0) is 0 Å². The molecule has 0 aliphatic carbocycles. The molecule has 3 aromatic rings. The average molecular weight is 326 g/mol. The van der Waals surface area contributed by atoms with Gasteiger partial charge >= 0.3 is 0 Å². The van der Waals surface area contributed by atoms with E-state index in [0.29, 0.717) is 0 Å². The summed E-state index contributed by atoms with van der Waals surface area (Å²) in [6.45, 7) is 0. The second kappa shape index (κ2) is 5.84. The zero-order valence-electron chi connectivity index (χ0n) is 10.6. The Morgan fingerprint density at radius 1 is 0.700 bits per heavy atom. The molecular weight excluding hydrogens is 314 g/mol. The third-order valence-electron chi connectivity index (χ3n) is 2.89. The maximum absolute atomic E-state index is 4.20. The fourth-order valence-electron chi connectivity index (χ4n) is 2.01. The summed E-state index contributed by atoms with van der Waals surface area (Å²) < 4.78 is 1.05. The van der Waals surface area contributed by atoms with Gasteiger partial charge in [0, 0.05) is 22.6 Å². The van der Waals surface area contributed by atoms with E-state index in [1.807, 2.05) is 48.8 Å². The molecule has 4 heteroatoms. The minimum atomic E-state index is 1.00. The first kappa shape index (κ1) is 12.8. The lowest BCUT2D eigenvalue weighted by Gasteiger charge is -2.24. The second-order valence-electron chi connectivity index (χ2n) is 4.23. The molecule has 3 rings (SSSR count). The third kappa shape index (κ3) is 2.70. The number of hydrogen-bond donors (Lipinski definition) is 0. The van der Waals surface area contributed by atoms with Gasteiger partial charge in [-0.15, -0.1) is 0 Å². The Hall–Kier alpha value is -2.20. The van der Waals surface area contributed by atoms with Crippen LogP contribution in [0.15, 0.2) is 77.8 Å². The minimum Gasteiger partial charge on any atom is -0.307 e. The first-order valence-electron chi connectivity index (χ1n) is 6.20. The van der Waals surface area contributed by atoms with Crippen molar-refractivity contribution in [2.24, 2.45) is 0 Å². The molecule has 0 aliphatic rings. The van der Waals surface area contributed by atoms with Crippen LogP contribution in [0, 0.1) is 0 Å². The SMILES string of the molecule is Brc1ccc(N(c2cccnc2)c2cccnc2)cc1. The molecule has 0 fully saturated rings. The molecule has 0 saturated heterocycles. The van der Waals surface area contributed by atoms with Crippen molar-refractivity contribution in [3.63, 3.8) is 0 Å². The Labute approximate surface area is 126 Å². The highest BCUT2D eigenvalue weighted by Crippen LogP contribution is 2.33. The number of hydrogen-bond acceptors (Lipinski definition) is 3. The molecule has 0 radical (unpaired) electrons. The summed E-state index contributed by atoms with van der Waals surface area (Å²) in [6.07, 6.45) is 7.23. The van der Waals surface area contributed by atoms with E-state index in [4.69, 9.17) is 0 Å². The molecule has 0 N–H and O–H groups in total. The van der Waals surface area contributed by atoms with Crippen molar-refractivity contribution in [3.05, 3.63) is 77.8 Å². The second-order valence-corrected chi connectivity index (χ2v) is 5.15. The number of pyridine rings is 2. The summed E-state index contributed by atoms with van der Waals surface area (Å²) in [7, 11) is 0. The van der Waals surface area contributed by atoms with Crippen molar-refractivity contribution in [2.75, 3.05) is 4.90 Å². The molecule has 0 atom stereocenters. The maximum Gasteiger partial charge on any atom is 0.0645 e. The van der Waals surface area contributed by atoms with Crippen LogP contribution in [-0.4, -0.2) is 9.97 Å². The molecule has 0 saturated carbocycles. The fourth-order valence-corrected chi connectivity index (χ4v) is 2.27. The van der Waals surface area contributed by atoms with Crippen LogP contribution in [0.5, 0.6) is 0 Å². The lowest BCUT2D eigenvalue weighted by molar-refractivity contribution is 1.20. The Morgan fingerprint density at radius 3 is 1.70 bits per heavy atom. The Morgan fingerprint density at radius 2 is 1.25 bits per heavy atom. The predicted octanol–water partition coefficient (Wildman–Crippen LogP) is 4.71. The molecule has 0 unspecified atom stereocenters. The maximum atomic E-state index is 4.20. The van der Waals surface area contributed by atoms with Gasteiger partial charge in [-0.3, -0.25) is 9.97 Å². The summed E-state index contributed by atoms with van der Waals surface area (Å²) in [6, 6.07) is 16.1. The first-order valence-corrected chi connectivity index (χ1v) is 6.99. The number of anilines is 3. The van der Waals surface area contributed by atoms with Crippen LogP contribution in [0.4, 0.5) is 17.1 Å². The molecular formula is C16H12BrN3. The van der Waals surface area contributed by atoms with Crippen molar-refractivity contribution < 1.29 is 0 Å².